The number of nitrogens with one attached hydrogen (secondary N) is 1. The molecule has 1 N–H and O–H groups in total. The maximum Gasteiger partial charge on any atom is 0.271 e. The molecule has 2 aromatic heterocycles. The van der Waals surface area contributed by atoms with Crippen LogP contribution in [0.2, 0.25) is 5.02 Å². The van der Waals surface area contributed by atoms with Crippen molar-refractivity contribution in [3.05, 3.63) is 59.4 Å². The fraction of sp³-hybridized carbons (Fsp3) is 0.250. The van der Waals surface area contributed by atoms with Crippen molar-refractivity contribution in [3.63, 3.8) is 0 Å². The summed E-state index contributed by atoms with van der Waals surface area (Å²) < 4.78 is 3.53. The van der Waals surface area contributed by atoms with Crippen LogP contribution in [0, 0.1) is 0 Å². The van der Waals surface area contributed by atoms with Gasteiger partial charge in [-0.3, -0.25) is 4.79 Å². The third-order valence-electron chi connectivity index (χ3n) is 4.13. The van der Waals surface area contributed by atoms with Crippen molar-refractivity contribution in [1.29, 1.82) is 0 Å². The van der Waals surface area contributed by atoms with Crippen molar-refractivity contribution in [2.45, 2.75) is 25.4 Å². The highest BCUT2D eigenvalue weighted by atomic mass is 35.5. The second-order valence-corrected chi connectivity index (χ2v) is 6.09. The van der Waals surface area contributed by atoms with Crippen LogP contribution in [0.25, 0.3) is 5.69 Å². The number of aromatic nitrogens is 5. The summed E-state index contributed by atoms with van der Waals surface area (Å²) in [4.78, 5) is 16.9. The normalized spacial score (nSPS) is 16.6. The lowest BCUT2D eigenvalue weighted by atomic mass is 10.1. The lowest BCUT2D eigenvalue weighted by Crippen LogP contribution is -2.41. The van der Waals surface area contributed by atoms with E-state index in [1.165, 1.54) is 10.9 Å². The number of rotatable bonds is 3. The molecular formula is C16H15ClN6O. The third kappa shape index (κ3) is 2.67. The Morgan fingerprint density at radius 2 is 2.21 bits per heavy atom. The summed E-state index contributed by atoms with van der Waals surface area (Å²) in [6.07, 6.45) is 6.87. The van der Waals surface area contributed by atoms with Crippen molar-refractivity contribution >= 4 is 17.5 Å². The highest BCUT2D eigenvalue weighted by Crippen LogP contribution is 2.20. The van der Waals surface area contributed by atoms with Gasteiger partial charge in [0.2, 0.25) is 0 Å². The molecule has 0 aliphatic carbocycles. The van der Waals surface area contributed by atoms with E-state index in [0.717, 1.165) is 18.7 Å². The Bertz CT molecular complexity index is 886. The van der Waals surface area contributed by atoms with Gasteiger partial charge in [0, 0.05) is 31.4 Å². The van der Waals surface area contributed by atoms with Crippen molar-refractivity contribution in [2.24, 2.45) is 0 Å². The zero-order chi connectivity index (χ0) is 16.5. The molecule has 0 saturated heterocycles. The fourth-order valence-electron chi connectivity index (χ4n) is 2.93. The molecule has 4 rings (SSSR count). The van der Waals surface area contributed by atoms with Gasteiger partial charge in [0.25, 0.3) is 5.91 Å². The topological polar surface area (TPSA) is 77.6 Å². The number of carbonyl (C=O) groups is 1. The van der Waals surface area contributed by atoms with Gasteiger partial charge >= 0.3 is 0 Å². The number of para-hydroxylation sites is 1. The first kappa shape index (κ1) is 14.9. The van der Waals surface area contributed by atoms with Crippen molar-refractivity contribution < 1.29 is 4.79 Å². The third-order valence-corrected chi connectivity index (χ3v) is 4.45. The number of nitrogens with zero attached hydrogens (tertiary/aromatic N) is 5. The summed E-state index contributed by atoms with van der Waals surface area (Å²) in [6.45, 7) is 0.717. The summed E-state index contributed by atoms with van der Waals surface area (Å²) >= 11 is 6.20. The van der Waals surface area contributed by atoms with Gasteiger partial charge in [-0.25, -0.2) is 9.67 Å². The quantitative estimate of drug-likeness (QED) is 0.788. The molecule has 1 aromatic carbocycles. The summed E-state index contributed by atoms with van der Waals surface area (Å²) in [5.41, 5.74) is 0.988. The number of carbonyl (C=O) groups excluding carboxylic acids is 1. The number of halogens is 1. The summed E-state index contributed by atoms with van der Waals surface area (Å²) in [6, 6.07) is 7.27. The zero-order valence-electron chi connectivity index (χ0n) is 12.8. The van der Waals surface area contributed by atoms with Gasteiger partial charge in [-0.1, -0.05) is 28.9 Å². The molecule has 122 valence electrons. The van der Waals surface area contributed by atoms with Crippen LogP contribution in [0.4, 0.5) is 0 Å². The molecule has 1 aliphatic rings. The molecule has 3 heterocycles. The number of imidazole rings is 1. The van der Waals surface area contributed by atoms with Crippen molar-refractivity contribution in [1.82, 2.24) is 29.9 Å². The maximum absolute atomic E-state index is 12.6. The minimum atomic E-state index is -0.214. The van der Waals surface area contributed by atoms with Crippen LogP contribution < -0.4 is 5.32 Å². The number of hydrogen-bond donors (Lipinski definition) is 1. The largest absolute Gasteiger partial charge is 0.346 e. The molecule has 0 unspecified atom stereocenters. The second-order valence-electron chi connectivity index (χ2n) is 5.69. The number of aryl methyl sites for hydroxylation is 1. The predicted octanol–water partition coefficient (Wildman–Crippen LogP) is 1.86. The zero-order valence-corrected chi connectivity index (χ0v) is 13.5. The van der Waals surface area contributed by atoms with E-state index in [4.69, 9.17) is 11.6 Å². The van der Waals surface area contributed by atoms with E-state index in [1.54, 1.807) is 18.3 Å². The lowest BCUT2D eigenvalue weighted by Gasteiger charge is -2.24. The van der Waals surface area contributed by atoms with E-state index in [0.29, 0.717) is 22.9 Å². The van der Waals surface area contributed by atoms with Gasteiger partial charge < -0.3 is 9.88 Å². The van der Waals surface area contributed by atoms with E-state index < -0.39 is 0 Å². The van der Waals surface area contributed by atoms with Crippen LogP contribution in [0.15, 0.2) is 42.9 Å². The van der Waals surface area contributed by atoms with Gasteiger partial charge in [-0.15, -0.1) is 5.10 Å². The Balaban J connectivity index is 1.54. The van der Waals surface area contributed by atoms with Gasteiger partial charge in [0.1, 0.15) is 5.82 Å². The minimum absolute atomic E-state index is 0.0498. The SMILES string of the molecule is O=C(N[C@@H]1CCc2nccn2C1)c1cnnn1-c1ccccc1Cl. The number of hydrogen-bond acceptors (Lipinski definition) is 4. The molecule has 0 saturated carbocycles. The molecule has 0 fully saturated rings. The van der Waals surface area contributed by atoms with Crippen LogP contribution in [0.3, 0.4) is 0 Å². The summed E-state index contributed by atoms with van der Waals surface area (Å²) in [7, 11) is 0. The Hall–Kier alpha value is -2.67. The molecule has 1 atom stereocenters. The maximum atomic E-state index is 12.6. The van der Waals surface area contributed by atoms with Crippen molar-refractivity contribution in [3.8, 4) is 5.69 Å². The number of fused-ring (bicyclic) bond motifs is 1. The predicted molar refractivity (Wildman–Crippen MR) is 88.2 cm³/mol. The molecule has 0 spiro atoms. The molecule has 3 aromatic rings. The molecule has 1 amide bonds. The number of benzene rings is 1. The van der Waals surface area contributed by atoms with Crippen LogP contribution in [-0.2, 0) is 13.0 Å². The van der Waals surface area contributed by atoms with E-state index >= 15 is 0 Å². The first-order valence-corrected chi connectivity index (χ1v) is 8.06. The Kier molecular flexibility index (Phi) is 3.78. The Morgan fingerprint density at radius 1 is 1.33 bits per heavy atom. The van der Waals surface area contributed by atoms with E-state index in [9.17, 15) is 4.79 Å². The lowest BCUT2D eigenvalue weighted by molar-refractivity contribution is 0.0919. The van der Waals surface area contributed by atoms with Crippen LogP contribution in [0.1, 0.15) is 22.7 Å². The number of amides is 1. The van der Waals surface area contributed by atoms with Crippen LogP contribution in [0.5, 0.6) is 0 Å². The molecule has 1 aliphatic heterocycles. The van der Waals surface area contributed by atoms with E-state index in [2.05, 4.69) is 25.2 Å². The van der Waals surface area contributed by atoms with Crippen LogP contribution in [-0.4, -0.2) is 36.5 Å². The van der Waals surface area contributed by atoms with E-state index in [1.807, 2.05) is 18.3 Å². The van der Waals surface area contributed by atoms with Gasteiger partial charge in [-0.2, -0.15) is 0 Å². The first-order valence-electron chi connectivity index (χ1n) is 7.69. The van der Waals surface area contributed by atoms with Crippen molar-refractivity contribution in [2.75, 3.05) is 0 Å². The molecular weight excluding hydrogens is 328 g/mol. The van der Waals surface area contributed by atoms with Gasteiger partial charge in [-0.05, 0) is 18.6 Å². The molecule has 24 heavy (non-hydrogen) atoms. The first-order chi connectivity index (χ1) is 11.7. The monoisotopic (exact) mass is 342 g/mol. The Morgan fingerprint density at radius 3 is 3.08 bits per heavy atom. The molecule has 0 bridgehead atoms. The molecule has 0 radical (unpaired) electrons. The Labute approximate surface area is 143 Å². The molecule has 8 heteroatoms. The summed E-state index contributed by atoms with van der Waals surface area (Å²) in [5.74, 6) is 0.844. The van der Waals surface area contributed by atoms with Gasteiger partial charge in [0.05, 0.1) is 16.9 Å². The standard InChI is InChI=1S/C16H15ClN6O/c17-12-3-1-2-4-13(12)23-14(9-19-21-23)16(24)20-11-5-6-15-18-7-8-22(15)10-11/h1-4,7-9,11H,5-6,10H2,(H,20,24)/t11-/m1/s1. The highest BCUT2D eigenvalue weighted by molar-refractivity contribution is 6.32. The molecule has 7 nitrogen and oxygen atoms in total. The minimum Gasteiger partial charge on any atom is -0.346 e. The van der Waals surface area contributed by atoms with Crippen LogP contribution >= 0.6 is 11.6 Å². The fourth-order valence-corrected chi connectivity index (χ4v) is 3.15. The average Bonchev–Trinajstić information content (AvgIpc) is 3.24. The smallest absolute Gasteiger partial charge is 0.271 e. The van der Waals surface area contributed by atoms with Gasteiger partial charge in [0.15, 0.2) is 5.69 Å². The average molecular weight is 343 g/mol. The highest BCUT2D eigenvalue weighted by Gasteiger charge is 2.23. The second kappa shape index (κ2) is 6.09. The summed E-state index contributed by atoms with van der Waals surface area (Å²) in [5, 5.41) is 11.4. The van der Waals surface area contributed by atoms with E-state index in [-0.39, 0.29) is 11.9 Å².